The van der Waals surface area contributed by atoms with Crippen LogP contribution in [0.3, 0.4) is 0 Å². The van der Waals surface area contributed by atoms with Gasteiger partial charge in [0.25, 0.3) is 0 Å². The summed E-state index contributed by atoms with van der Waals surface area (Å²) in [5, 5.41) is 0. The summed E-state index contributed by atoms with van der Waals surface area (Å²) in [4.78, 5) is 13.9. The van der Waals surface area contributed by atoms with Gasteiger partial charge >= 0.3 is 6.04 Å². The van der Waals surface area contributed by atoms with Crippen LogP contribution in [0.25, 0.3) is 11.3 Å². The second-order valence-electron chi connectivity index (χ2n) is 3.29. The molecule has 0 radical (unpaired) electrons. The normalized spacial score (nSPS) is 10.3. The van der Waals surface area contributed by atoms with E-state index < -0.39 is 23.4 Å². The molecular weight excluding hydrogens is 231 g/mol. The molecule has 0 aliphatic rings. The molecule has 2 rings (SSSR count). The van der Waals surface area contributed by atoms with Crippen LogP contribution >= 0.6 is 0 Å². The van der Waals surface area contributed by atoms with Crippen LogP contribution in [-0.2, 0) is 0 Å². The molecule has 0 atom stereocenters. The highest BCUT2D eigenvalue weighted by Gasteiger charge is 2.17. The van der Waals surface area contributed by atoms with Gasteiger partial charge in [-0.15, -0.1) is 0 Å². The molecule has 0 amide bonds. The predicted octanol–water partition coefficient (Wildman–Crippen LogP) is 3.14. The van der Waals surface area contributed by atoms with E-state index in [1.54, 1.807) is 18.2 Å². The number of nitrogens with zero attached hydrogens (tertiary/aromatic N) is 1. The van der Waals surface area contributed by atoms with E-state index in [1.165, 1.54) is 12.1 Å². The van der Waals surface area contributed by atoms with Crippen molar-refractivity contribution >= 4 is 6.04 Å². The maximum Gasteiger partial charge on any atom is 0.350 e. The van der Waals surface area contributed by atoms with Crippen LogP contribution in [0, 0.1) is 11.6 Å². The standard InChI is InChI=1S/C12H6F3NO/c13-8-6-9(12(15)17)16-11(10(8)14)7-4-2-1-3-5-7/h1-6H. The Morgan fingerprint density at radius 2 is 1.76 bits per heavy atom. The highest BCUT2D eigenvalue weighted by Crippen LogP contribution is 2.23. The number of hydrogen-bond donors (Lipinski definition) is 0. The molecular formula is C12H6F3NO. The zero-order chi connectivity index (χ0) is 12.4. The van der Waals surface area contributed by atoms with Gasteiger partial charge in [-0.2, -0.15) is 4.39 Å². The quantitative estimate of drug-likeness (QED) is 0.751. The lowest BCUT2D eigenvalue weighted by Crippen LogP contribution is -2.02. The minimum Gasteiger partial charge on any atom is -0.254 e. The Morgan fingerprint density at radius 1 is 1.12 bits per heavy atom. The minimum absolute atomic E-state index is 0.270. The Kier molecular flexibility index (Phi) is 2.91. The van der Waals surface area contributed by atoms with E-state index in [0.717, 1.165) is 0 Å². The number of hydrogen-bond acceptors (Lipinski definition) is 2. The molecule has 0 bridgehead atoms. The van der Waals surface area contributed by atoms with Crippen molar-refractivity contribution in [2.45, 2.75) is 0 Å². The number of carbonyl (C=O) groups is 1. The monoisotopic (exact) mass is 237 g/mol. The predicted molar refractivity (Wildman–Crippen MR) is 55.0 cm³/mol. The number of carbonyl (C=O) groups excluding carboxylic acids is 1. The Labute approximate surface area is 94.7 Å². The molecule has 0 aliphatic heterocycles. The van der Waals surface area contributed by atoms with Crippen LogP contribution in [-0.4, -0.2) is 11.0 Å². The van der Waals surface area contributed by atoms with Crippen LogP contribution < -0.4 is 0 Å². The molecule has 86 valence electrons. The van der Waals surface area contributed by atoms with E-state index in [-0.39, 0.29) is 11.3 Å². The van der Waals surface area contributed by atoms with E-state index in [9.17, 15) is 18.0 Å². The molecule has 0 saturated heterocycles. The largest absolute Gasteiger partial charge is 0.350 e. The summed E-state index contributed by atoms with van der Waals surface area (Å²) in [6.45, 7) is 0. The fourth-order valence-corrected chi connectivity index (χ4v) is 1.39. The maximum atomic E-state index is 13.5. The molecule has 1 heterocycles. The minimum atomic E-state index is -1.90. The van der Waals surface area contributed by atoms with E-state index >= 15 is 0 Å². The summed E-state index contributed by atoms with van der Waals surface area (Å²) in [7, 11) is 0. The van der Waals surface area contributed by atoms with E-state index in [0.29, 0.717) is 6.07 Å². The van der Waals surface area contributed by atoms with Crippen molar-refractivity contribution in [2.75, 3.05) is 0 Å². The summed E-state index contributed by atoms with van der Waals surface area (Å²) in [6.07, 6.45) is 0. The van der Waals surface area contributed by atoms with Gasteiger partial charge in [-0.1, -0.05) is 30.3 Å². The third kappa shape index (κ3) is 2.18. The van der Waals surface area contributed by atoms with Gasteiger partial charge in [0.05, 0.1) is 0 Å². The van der Waals surface area contributed by atoms with Crippen molar-refractivity contribution in [3.05, 3.63) is 53.7 Å². The Bertz CT molecular complexity index is 569. The maximum absolute atomic E-state index is 13.5. The van der Waals surface area contributed by atoms with Gasteiger partial charge in [0.1, 0.15) is 11.4 Å². The third-order valence-corrected chi connectivity index (χ3v) is 2.16. The zero-order valence-electron chi connectivity index (χ0n) is 8.45. The summed E-state index contributed by atoms with van der Waals surface area (Å²) >= 11 is 0. The lowest BCUT2D eigenvalue weighted by Gasteiger charge is -2.04. The van der Waals surface area contributed by atoms with Gasteiger partial charge in [0, 0.05) is 11.6 Å². The van der Waals surface area contributed by atoms with Crippen LogP contribution in [0.5, 0.6) is 0 Å². The molecule has 5 heteroatoms. The van der Waals surface area contributed by atoms with E-state index in [2.05, 4.69) is 4.98 Å². The van der Waals surface area contributed by atoms with Crippen LogP contribution in [0.2, 0.25) is 0 Å². The molecule has 0 unspecified atom stereocenters. The molecule has 0 aliphatic carbocycles. The van der Waals surface area contributed by atoms with Crippen molar-refractivity contribution in [3.63, 3.8) is 0 Å². The topological polar surface area (TPSA) is 30.0 Å². The van der Waals surface area contributed by atoms with Crippen molar-refractivity contribution < 1.29 is 18.0 Å². The van der Waals surface area contributed by atoms with Gasteiger partial charge < -0.3 is 0 Å². The Hall–Kier alpha value is -2.17. The van der Waals surface area contributed by atoms with E-state index in [4.69, 9.17) is 0 Å². The van der Waals surface area contributed by atoms with Gasteiger partial charge in [-0.05, 0) is 0 Å². The molecule has 0 fully saturated rings. The fourth-order valence-electron chi connectivity index (χ4n) is 1.39. The number of aromatic nitrogens is 1. The summed E-state index contributed by atoms with van der Waals surface area (Å²) in [5.41, 5.74) is -0.860. The number of halogens is 3. The third-order valence-electron chi connectivity index (χ3n) is 2.16. The summed E-state index contributed by atoms with van der Waals surface area (Å²) < 4.78 is 39.1. The van der Waals surface area contributed by atoms with Crippen molar-refractivity contribution in [1.82, 2.24) is 4.98 Å². The average Bonchev–Trinajstić information content (AvgIpc) is 2.33. The van der Waals surface area contributed by atoms with Gasteiger partial charge in [0.2, 0.25) is 0 Å². The lowest BCUT2D eigenvalue weighted by atomic mass is 10.1. The Morgan fingerprint density at radius 3 is 2.35 bits per heavy atom. The average molecular weight is 237 g/mol. The van der Waals surface area contributed by atoms with Crippen molar-refractivity contribution in [3.8, 4) is 11.3 Å². The van der Waals surface area contributed by atoms with Gasteiger partial charge in [0.15, 0.2) is 11.6 Å². The molecule has 0 saturated carbocycles. The number of rotatable bonds is 2. The summed E-state index contributed by atoms with van der Waals surface area (Å²) in [5.74, 6) is -2.51. The van der Waals surface area contributed by atoms with E-state index in [1.807, 2.05) is 0 Å². The molecule has 0 N–H and O–H groups in total. The second kappa shape index (κ2) is 4.37. The first kappa shape index (κ1) is 11.3. The molecule has 17 heavy (non-hydrogen) atoms. The smallest absolute Gasteiger partial charge is 0.254 e. The number of benzene rings is 1. The molecule has 2 nitrogen and oxygen atoms in total. The van der Waals surface area contributed by atoms with Crippen LogP contribution in [0.4, 0.5) is 13.2 Å². The van der Waals surface area contributed by atoms with Gasteiger partial charge in [-0.25, -0.2) is 13.8 Å². The fraction of sp³-hybridized carbons (Fsp3) is 0. The number of pyridine rings is 1. The van der Waals surface area contributed by atoms with Gasteiger partial charge in [-0.3, -0.25) is 4.79 Å². The van der Waals surface area contributed by atoms with Crippen LogP contribution in [0.15, 0.2) is 36.4 Å². The molecule has 0 spiro atoms. The highest BCUT2D eigenvalue weighted by atomic mass is 19.2. The first-order valence-corrected chi connectivity index (χ1v) is 4.71. The van der Waals surface area contributed by atoms with Crippen molar-refractivity contribution in [2.24, 2.45) is 0 Å². The van der Waals surface area contributed by atoms with Crippen LogP contribution in [0.1, 0.15) is 10.5 Å². The molecule has 1 aromatic carbocycles. The molecule has 1 aromatic heterocycles. The highest BCUT2D eigenvalue weighted by molar-refractivity contribution is 5.87. The first-order chi connectivity index (χ1) is 8.09. The lowest BCUT2D eigenvalue weighted by molar-refractivity contribution is 0.0829. The zero-order valence-corrected chi connectivity index (χ0v) is 8.45. The second-order valence-corrected chi connectivity index (χ2v) is 3.29. The first-order valence-electron chi connectivity index (χ1n) is 4.71. The summed E-state index contributed by atoms with van der Waals surface area (Å²) in [6, 6.07) is 6.37. The van der Waals surface area contributed by atoms with Crippen molar-refractivity contribution in [1.29, 1.82) is 0 Å². The SMILES string of the molecule is O=C(F)c1cc(F)c(F)c(-c2ccccc2)n1. The molecule has 2 aromatic rings. The Balaban J connectivity index is 2.65.